The number of nitrogens with zero attached hydrogens (tertiary/aromatic N) is 3. The summed E-state index contributed by atoms with van der Waals surface area (Å²) in [5.74, 6) is -2.32. The third-order valence-electron chi connectivity index (χ3n) is 5.96. The fourth-order valence-corrected chi connectivity index (χ4v) is 4.09. The van der Waals surface area contributed by atoms with Crippen LogP contribution in [0.1, 0.15) is 12.0 Å². The minimum atomic E-state index is -3.31. The zero-order chi connectivity index (χ0) is 27.4. The van der Waals surface area contributed by atoms with Crippen LogP contribution in [-0.2, 0) is 11.3 Å². The van der Waals surface area contributed by atoms with Gasteiger partial charge in [-0.3, -0.25) is 20.5 Å². The van der Waals surface area contributed by atoms with Gasteiger partial charge in [-0.15, -0.1) is 0 Å². The van der Waals surface area contributed by atoms with Crippen molar-refractivity contribution in [2.24, 2.45) is 0 Å². The van der Waals surface area contributed by atoms with Crippen molar-refractivity contribution < 1.29 is 37.7 Å². The summed E-state index contributed by atoms with van der Waals surface area (Å²) in [5.41, 5.74) is 6.13. The molecule has 38 heavy (non-hydrogen) atoms. The third kappa shape index (κ3) is 5.53. The van der Waals surface area contributed by atoms with Gasteiger partial charge in [0.05, 0.1) is 27.9 Å². The number of amides is 2. The molecule has 2 amide bonds. The minimum Gasteiger partial charge on any atom is -0.497 e. The number of halogens is 2. The number of anilines is 2. The molecule has 0 saturated carbocycles. The van der Waals surface area contributed by atoms with Crippen LogP contribution in [0, 0.1) is 0 Å². The Morgan fingerprint density at radius 2 is 1.87 bits per heavy atom. The molecule has 3 aromatic rings. The fraction of sp³-hybridized carbons (Fsp3) is 0.333. The van der Waals surface area contributed by atoms with Crippen molar-refractivity contribution in [2.45, 2.75) is 24.9 Å². The lowest BCUT2D eigenvalue weighted by atomic mass is 10.2. The third-order valence-corrected chi connectivity index (χ3v) is 5.96. The van der Waals surface area contributed by atoms with E-state index in [9.17, 15) is 23.5 Å². The summed E-state index contributed by atoms with van der Waals surface area (Å²) < 4.78 is 43.7. The van der Waals surface area contributed by atoms with E-state index in [2.05, 4.69) is 26.1 Å². The minimum absolute atomic E-state index is 0.137. The number of carbonyl (C=O) groups excluding carboxylic acids is 1. The number of methoxy groups -OCH3 is 3. The number of hydrogen-bond donors (Lipinski definition) is 4. The molecule has 0 bridgehead atoms. The Kier molecular flexibility index (Phi) is 7.50. The van der Waals surface area contributed by atoms with Gasteiger partial charge in [0.25, 0.3) is 11.8 Å². The predicted octanol–water partition coefficient (Wildman–Crippen LogP) is 3.10. The number of alkyl halides is 2. The highest BCUT2D eigenvalue weighted by molar-refractivity contribution is 5.95. The summed E-state index contributed by atoms with van der Waals surface area (Å²) in [6.45, 7) is -0.790. The second-order valence-corrected chi connectivity index (χ2v) is 8.38. The molecule has 1 aromatic heterocycles. The highest BCUT2D eigenvalue weighted by Gasteiger charge is 2.50. The van der Waals surface area contributed by atoms with Crippen LogP contribution in [-0.4, -0.2) is 71.8 Å². The lowest BCUT2D eigenvalue weighted by Crippen LogP contribution is -2.47. The number of aromatic nitrogens is 2. The molecule has 4 rings (SSSR count). The fourth-order valence-electron chi connectivity index (χ4n) is 4.09. The number of fused-ring (bicyclic) bond motifs is 1. The van der Waals surface area contributed by atoms with Crippen molar-refractivity contribution in [1.82, 2.24) is 20.3 Å². The highest BCUT2D eigenvalue weighted by Crippen LogP contribution is 2.33. The topological polar surface area (TPSA) is 147 Å². The number of likely N-dealkylation sites (tertiary alicyclic amines) is 1. The quantitative estimate of drug-likeness (QED) is 0.303. The maximum Gasteiger partial charge on any atom is 0.408 e. The van der Waals surface area contributed by atoms with E-state index in [4.69, 9.17) is 14.2 Å². The lowest BCUT2D eigenvalue weighted by Gasteiger charge is -2.20. The van der Waals surface area contributed by atoms with Gasteiger partial charge in [-0.25, -0.2) is 18.6 Å². The maximum atomic E-state index is 13.8. The molecule has 1 saturated heterocycles. The summed E-state index contributed by atoms with van der Waals surface area (Å²) in [6, 6.07) is 8.82. The Labute approximate surface area is 215 Å². The Bertz CT molecular complexity index is 1360. The SMILES string of the molecule is COc1ccc(CNc2nc(NNC(=O)[C@@H]3CC(F)(F)CN3C(=O)O)c3cccc(OC)c3n2)c(OC)c1. The summed E-state index contributed by atoms with van der Waals surface area (Å²) >= 11 is 0. The first-order chi connectivity index (χ1) is 18.2. The number of carboxylic acid groups (broad SMARTS) is 1. The molecule has 1 aliphatic rings. The van der Waals surface area contributed by atoms with Crippen LogP contribution in [0.4, 0.5) is 25.3 Å². The molecule has 202 valence electrons. The Hall–Kier alpha value is -4.62. The van der Waals surface area contributed by atoms with Crippen LogP contribution in [0.3, 0.4) is 0 Å². The summed E-state index contributed by atoms with van der Waals surface area (Å²) in [6.07, 6.45) is -2.54. The van der Waals surface area contributed by atoms with Crippen LogP contribution in [0.5, 0.6) is 17.2 Å². The van der Waals surface area contributed by atoms with Crippen molar-refractivity contribution in [1.29, 1.82) is 0 Å². The van der Waals surface area contributed by atoms with E-state index in [0.29, 0.717) is 33.1 Å². The zero-order valence-electron chi connectivity index (χ0n) is 20.7. The maximum absolute atomic E-state index is 13.8. The first-order valence-corrected chi connectivity index (χ1v) is 11.4. The van der Waals surface area contributed by atoms with E-state index < -0.39 is 36.9 Å². The molecule has 0 radical (unpaired) electrons. The van der Waals surface area contributed by atoms with Crippen LogP contribution < -0.4 is 30.4 Å². The number of hydrogen-bond acceptors (Lipinski definition) is 9. The monoisotopic (exact) mass is 532 g/mol. The average molecular weight is 533 g/mol. The van der Waals surface area contributed by atoms with Crippen molar-refractivity contribution in [3.05, 3.63) is 42.0 Å². The zero-order valence-corrected chi connectivity index (χ0v) is 20.7. The van der Waals surface area contributed by atoms with E-state index >= 15 is 0 Å². The molecule has 0 aliphatic carbocycles. The molecule has 1 aliphatic heterocycles. The Morgan fingerprint density at radius 1 is 1.11 bits per heavy atom. The second kappa shape index (κ2) is 10.8. The van der Waals surface area contributed by atoms with Gasteiger partial charge in [-0.1, -0.05) is 6.07 Å². The van der Waals surface area contributed by atoms with Crippen LogP contribution >= 0.6 is 0 Å². The van der Waals surface area contributed by atoms with Gasteiger partial charge >= 0.3 is 6.09 Å². The molecule has 12 nitrogen and oxygen atoms in total. The van der Waals surface area contributed by atoms with Gasteiger partial charge in [0.1, 0.15) is 28.8 Å². The molecule has 1 fully saturated rings. The smallest absolute Gasteiger partial charge is 0.408 e. The summed E-state index contributed by atoms with van der Waals surface area (Å²) in [4.78, 5) is 33.4. The van der Waals surface area contributed by atoms with E-state index in [1.807, 2.05) is 6.07 Å². The number of rotatable bonds is 9. The first-order valence-electron chi connectivity index (χ1n) is 11.4. The van der Waals surface area contributed by atoms with Crippen molar-refractivity contribution >= 4 is 34.7 Å². The summed E-state index contributed by atoms with van der Waals surface area (Å²) in [7, 11) is 4.56. The Morgan fingerprint density at radius 3 is 2.55 bits per heavy atom. The molecule has 0 unspecified atom stereocenters. The highest BCUT2D eigenvalue weighted by atomic mass is 19.3. The molecule has 2 heterocycles. The summed E-state index contributed by atoms with van der Waals surface area (Å²) in [5, 5.41) is 12.8. The number of ether oxygens (including phenoxy) is 3. The van der Waals surface area contributed by atoms with Gasteiger partial charge in [0.15, 0.2) is 5.82 Å². The largest absolute Gasteiger partial charge is 0.497 e. The average Bonchev–Trinajstić information content (AvgIpc) is 3.25. The number of para-hydroxylation sites is 1. The number of carbonyl (C=O) groups is 2. The van der Waals surface area contributed by atoms with Crippen molar-refractivity contribution in [3.63, 3.8) is 0 Å². The van der Waals surface area contributed by atoms with Gasteiger partial charge in [-0.2, -0.15) is 4.98 Å². The van der Waals surface area contributed by atoms with Crippen LogP contribution in [0.2, 0.25) is 0 Å². The molecule has 0 spiro atoms. The molecule has 14 heteroatoms. The normalized spacial score (nSPS) is 16.1. The molecular weight excluding hydrogens is 506 g/mol. The number of hydrazine groups is 1. The van der Waals surface area contributed by atoms with Crippen LogP contribution in [0.15, 0.2) is 36.4 Å². The van der Waals surface area contributed by atoms with Gasteiger partial charge in [0, 0.05) is 30.0 Å². The standard InChI is InChI=1S/C24H26F2N6O6/c1-36-14-8-7-13(18(9-14)38-3)11-27-22-28-19-15(5-4-6-17(19)37-2)20(29-22)30-31-21(33)16-10-24(25,26)12-32(16)23(34)35/h4-9,16H,10-12H2,1-3H3,(H,31,33)(H,34,35)(H2,27,28,29,30)/t16-/m0/s1. The van der Waals surface area contributed by atoms with Gasteiger partial charge in [-0.05, 0) is 24.3 Å². The van der Waals surface area contributed by atoms with Crippen molar-refractivity contribution in [2.75, 3.05) is 38.6 Å². The lowest BCUT2D eigenvalue weighted by molar-refractivity contribution is -0.124. The van der Waals surface area contributed by atoms with Gasteiger partial charge < -0.3 is 24.6 Å². The van der Waals surface area contributed by atoms with E-state index in [1.54, 1.807) is 37.4 Å². The predicted molar refractivity (Wildman–Crippen MR) is 133 cm³/mol. The molecule has 2 aromatic carbocycles. The number of nitrogens with one attached hydrogen (secondary N) is 3. The van der Waals surface area contributed by atoms with E-state index in [0.717, 1.165) is 5.56 Å². The molecular formula is C24H26F2N6O6. The molecule has 4 N–H and O–H groups in total. The second-order valence-electron chi connectivity index (χ2n) is 8.38. The van der Waals surface area contributed by atoms with Gasteiger partial charge in [0.2, 0.25) is 5.95 Å². The Balaban J connectivity index is 1.59. The van der Waals surface area contributed by atoms with Crippen LogP contribution in [0.25, 0.3) is 10.9 Å². The molecule has 1 atom stereocenters. The van der Waals surface area contributed by atoms with E-state index in [1.165, 1.54) is 14.2 Å². The number of benzene rings is 2. The van der Waals surface area contributed by atoms with E-state index in [-0.39, 0.29) is 18.3 Å². The first kappa shape index (κ1) is 26.4. The van der Waals surface area contributed by atoms with Crippen molar-refractivity contribution in [3.8, 4) is 17.2 Å².